The third kappa shape index (κ3) is 4.35. The Hall–Kier alpha value is -2.84. The van der Waals surface area contributed by atoms with E-state index in [4.69, 9.17) is 9.47 Å². The zero-order valence-electron chi connectivity index (χ0n) is 16.0. The van der Waals surface area contributed by atoms with E-state index in [9.17, 15) is 9.36 Å². The van der Waals surface area contributed by atoms with Gasteiger partial charge in [-0.1, -0.05) is 66.7 Å². The van der Waals surface area contributed by atoms with Gasteiger partial charge in [0.05, 0.1) is 14.2 Å². The second-order valence-electron chi connectivity index (χ2n) is 6.52. The molecule has 4 nitrogen and oxygen atoms in total. The molecule has 3 aromatic rings. The van der Waals surface area contributed by atoms with Crippen LogP contribution in [0.5, 0.6) is 11.5 Å². The maximum absolute atomic E-state index is 14.1. The number of benzene rings is 3. The molecule has 0 saturated heterocycles. The first-order chi connectivity index (χ1) is 13.6. The zero-order chi connectivity index (χ0) is 20.0. The predicted octanol–water partition coefficient (Wildman–Crippen LogP) is 5.61. The quantitative estimate of drug-likeness (QED) is 0.466. The van der Waals surface area contributed by atoms with Gasteiger partial charge in [-0.2, -0.15) is 0 Å². The summed E-state index contributed by atoms with van der Waals surface area (Å²) in [5.41, 5.74) is 1.55. The van der Waals surface area contributed by atoms with Gasteiger partial charge in [0.15, 0.2) is 7.14 Å². The number of methoxy groups -OCH3 is 2. The first kappa shape index (κ1) is 19.9. The van der Waals surface area contributed by atoms with E-state index in [0.29, 0.717) is 11.5 Å². The average molecular weight is 394 g/mol. The molecular formula is C23H23O4P. The summed E-state index contributed by atoms with van der Waals surface area (Å²) in [6.07, 6.45) is 0.367. The number of hydrogen-bond donors (Lipinski definition) is 0. The Labute approximate surface area is 165 Å². The molecule has 3 aromatic carbocycles. The van der Waals surface area contributed by atoms with E-state index in [1.165, 1.54) is 14.2 Å². The summed E-state index contributed by atoms with van der Waals surface area (Å²) in [5, 5.41) is 0. The SMILES string of the molecule is COc1cccc(OC)c1C(=O)P(=O)(Cc1ccccc1)Cc1ccccc1. The van der Waals surface area contributed by atoms with Gasteiger partial charge >= 0.3 is 0 Å². The van der Waals surface area contributed by atoms with Crippen molar-refractivity contribution in [3.8, 4) is 11.5 Å². The van der Waals surface area contributed by atoms with Gasteiger partial charge in [-0.15, -0.1) is 0 Å². The topological polar surface area (TPSA) is 52.6 Å². The molecule has 0 saturated carbocycles. The lowest BCUT2D eigenvalue weighted by molar-refractivity contribution is 0.106. The van der Waals surface area contributed by atoms with Crippen LogP contribution in [0.4, 0.5) is 0 Å². The molecule has 0 bridgehead atoms. The van der Waals surface area contributed by atoms with Crippen LogP contribution in [0, 0.1) is 0 Å². The molecule has 144 valence electrons. The Balaban J connectivity index is 2.09. The van der Waals surface area contributed by atoms with Crippen molar-refractivity contribution in [2.75, 3.05) is 14.2 Å². The minimum absolute atomic E-state index is 0.183. The van der Waals surface area contributed by atoms with Crippen LogP contribution in [-0.4, -0.2) is 19.7 Å². The Bertz CT molecular complexity index is 916. The van der Waals surface area contributed by atoms with Crippen molar-refractivity contribution in [2.24, 2.45) is 0 Å². The molecule has 28 heavy (non-hydrogen) atoms. The van der Waals surface area contributed by atoms with Crippen LogP contribution in [0.3, 0.4) is 0 Å². The Kier molecular flexibility index (Phi) is 6.33. The van der Waals surface area contributed by atoms with Gasteiger partial charge in [0.2, 0.25) is 5.52 Å². The molecule has 0 heterocycles. The van der Waals surface area contributed by atoms with Crippen molar-refractivity contribution in [3.63, 3.8) is 0 Å². The summed E-state index contributed by atoms with van der Waals surface area (Å²) in [6.45, 7) is 0. The lowest BCUT2D eigenvalue weighted by atomic mass is 10.2. The first-order valence-electron chi connectivity index (χ1n) is 8.99. The number of carbonyl (C=O) groups is 1. The molecular weight excluding hydrogens is 371 g/mol. The van der Waals surface area contributed by atoms with E-state index in [2.05, 4.69) is 0 Å². The molecule has 0 atom stereocenters. The second-order valence-corrected chi connectivity index (χ2v) is 9.34. The molecule has 0 aliphatic heterocycles. The molecule has 5 heteroatoms. The molecule has 0 spiro atoms. The van der Waals surface area contributed by atoms with E-state index < -0.39 is 12.7 Å². The molecule has 3 rings (SSSR count). The van der Waals surface area contributed by atoms with Gasteiger partial charge < -0.3 is 14.0 Å². The first-order valence-corrected chi connectivity index (χ1v) is 11.1. The minimum atomic E-state index is -3.36. The highest BCUT2D eigenvalue weighted by molar-refractivity contribution is 7.79. The Morgan fingerprint density at radius 2 is 1.14 bits per heavy atom. The van der Waals surface area contributed by atoms with E-state index in [-0.39, 0.29) is 17.9 Å². The highest BCUT2D eigenvalue weighted by Gasteiger charge is 2.36. The monoisotopic (exact) mass is 394 g/mol. The maximum Gasteiger partial charge on any atom is 0.229 e. The predicted molar refractivity (Wildman–Crippen MR) is 112 cm³/mol. The molecule has 0 unspecified atom stereocenters. The smallest absolute Gasteiger partial charge is 0.229 e. The van der Waals surface area contributed by atoms with Crippen molar-refractivity contribution in [1.82, 2.24) is 0 Å². The molecule has 0 N–H and O–H groups in total. The summed E-state index contributed by atoms with van der Waals surface area (Å²) in [5.74, 6) is 0.733. The van der Waals surface area contributed by atoms with E-state index in [1.807, 2.05) is 60.7 Å². The average Bonchev–Trinajstić information content (AvgIpc) is 2.73. The van der Waals surface area contributed by atoms with Crippen molar-refractivity contribution >= 4 is 12.7 Å². The molecule has 0 radical (unpaired) electrons. The van der Waals surface area contributed by atoms with Crippen molar-refractivity contribution in [3.05, 3.63) is 95.6 Å². The van der Waals surface area contributed by atoms with E-state index in [0.717, 1.165) is 11.1 Å². The van der Waals surface area contributed by atoms with Crippen molar-refractivity contribution < 1.29 is 18.8 Å². The maximum atomic E-state index is 14.1. The highest BCUT2D eigenvalue weighted by Crippen LogP contribution is 2.57. The number of rotatable bonds is 8. The Morgan fingerprint density at radius 1 is 0.714 bits per heavy atom. The standard InChI is InChI=1S/C23H23O4P/c1-26-20-14-9-15-21(27-2)22(20)23(24)28(25,16-18-10-5-3-6-11-18)17-19-12-7-4-8-13-19/h3-15H,16-17H2,1-2H3. The summed E-state index contributed by atoms with van der Waals surface area (Å²) in [6, 6.07) is 24.0. The highest BCUT2D eigenvalue weighted by atomic mass is 31.2. The van der Waals surface area contributed by atoms with Crippen LogP contribution >= 0.6 is 7.14 Å². The van der Waals surface area contributed by atoms with Crippen molar-refractivity contribution in [2.45, 2.75) is 12.3 Å². The fraction of sp³-hybridized carbons (Fsp3) is 0.174. The molecule has 0 amide bonds. The second kappa shape index (κ2) is 8.90. The fourth-order valence-electron chi connectivity index (χ4n) is 3.22. The zero-order valence-corrected chi connectivity index (χ0v) is 16.9. The van der Waals surface area contributed by atoms with E-state index in [1.54, 1.807) is 18.2 Å². The molecule has 0 aliphatic carbocycles. The van der Waals surface area contributed by atoms with Crippen LogP contribution in [0.1, 0.15) is 21.5 Å². The third-order valence-electron chi connectivity index (χ3n) is 4.57. The molecule has 0 aromatic heterocycles. The normalized spacial score (nSPS) is 11.1. The molecule has 0 fully saturated rings. The molecule has 0 aliphatic rings. The van der Waals surface area contributed by atoms with E-state index >= 15 is 0 Å². The van der Waals surface area contributed by atoms with Crippen LogP contribution in [0.2, 0.25) is 0 Å². The largest absolute Gasteiger partial charge is 0.496 e. The van der Waals surface area contributed by atoms with Gasteiger partial charge in [-0.05, 0) is 23.3 Å². The number of carbonyl (C=O) groups excluding carboxylic acids is 1. The van der Waals surface area contributed by atoms with Gasteiger partial charge in [0, 0.05) is 12.3 Å². The third-order valence-corrected chi connectivity index (χ3v) is 7.29. The Morgan fingerprint density at radius 3 is 1.54 bits per heavy atom. The minimum Gasteiger partial charge on any atom is -0.496 e. The van der Waals surface area contributed by atoms with Gasteiger partial charge in [-0.25, -0.2) is 0 Å². The summed E-state index contributed by atoms with van der Waals surface area (Å²) in [4.78, 5) is 13.6. The van der Waals surface area contributed by atoms with Crippen LogP contribution in [0.25, 0.3) is 0 Å². The lowest BCUT2D eigenvalue weighted by Gasteiger charge is -2.20. The summed E-state index contributed by atoms with van der Waals surface area (Å²) < 4.78 is 24.9. The van der Waals surface area contributed by atoms with Crippen LogP contribution < -0.4 is 9.47 Å². The summed E-state index contributed by atoms with van der Waals surface area (Å²) in [7, 11) is -0.373. The number of ether oxygens (including phenoxy) is 2. The lowest BCUT2D eigenvalue weighted by Crippen LogP contribution is -2.09. The van der Waals surface area contributed by atoms with Crippen molar-refractivity contribution in [1.29, 1.82) is 0 Å². The van der Waals surface area contributed by atoms with Crippen LogP contribution in [0.15, 0.2) is 78.9 Å². The van der Waals surface area contributed by atoms with Gasteiger partial charge in [0.1, 0.15) is 17.1 Å². The van der Waals surface area contributed by atoms with Crippen LogP contribution in [-0.2, 0) is 16.9 Å². The summed E-state index contributed by atoms with van der Waals surface area (Å²) >= 11 is 0. The van der Waals surface area contributed by atoms with Gasteiger partial charge in [0.25, 0.3) is 0 Å². The number of hydrogen-bond acceptors (Lipinski definition) is 4. The fourth-order valence-corrected chi connectivity index (χ4v) is 5.85. The van der Waals surface area contributed by atoms with Gasteiger partial charge in [-0.3, -0.25) is 4.79 Å².